The second-order valence-electron chi connectivity index (χ2n) is 6.46. The number of hydrogen-bond acceptors (Lipinski definition) is 3. The minimum Gasteiger partial charge on any atom is -0.497 e. The summed E-state index contributed by atoms with van der Waals surface area (Å²) in [5, 5.41) is 0. The van der Waals surface area contributed by atoms with E-state index in [-0.39, 0.29) is 5.97 Å². The zero-order valence-corrected chi connectivity index (χ0v) is 16.0. The van der Waals surface area contributed by atoms with E-state index in [4.69, 9.17) is 9.47 Å². The molecule has 0 N–H and O–H groups in total. The lowest BCUT2D eigenvalue weighted by Crippen LogP contribution is -2.02. The van der Waals surface area contributed by atoms with E-state index in [1.54, 1.807) is 13.2 Å². The SMILES string of the molecule is CCCCCCCCCCCCOC(=O)C=Cc1ccc(OC)cc1. The summed E-state index contributed by atoms with van der Waals surface area (Å²) in [4.78, 5) is 11.7. The molecule has 0 bridgehead atoms. The highest BCUT2D eigenvalue weighted by Gasteiger charge is 1.98. The average molecular weight is 347 g/mol. The number of benzene rings is 1. The van der Waals surface area contributed by atoms with Crippen LogP contribution in [0.15, 0.2) is 30.3 Å². The van der Waals surface area contributed by atoms with Gasteiger partial charge in [0.2, 0.25) is 0 Å². The van der Waals surface area contributed by atoms with Gasteiger partial charge in [-0.25, -0.2) is 4.79 Å². The molecule has 0 radical (unpaired) electrons. The first-order valence-electron chi connectivity index (χ1n) is 9.75. The van der Waals surface area contributed by atoms with Crippen LogP contribution in [0.5, 0.6) is 5.75 Å². The first kappa shape index (κ1) is 21.3. The van der Waals surface area contributed by atoms with Crippen LogP contribution in [-0.4, -0.2) is 19.7 Å². The van der Waals surface area contributed by atoms with Gasteiger partial charge in [0.1, 0.15) is 5.75 Å². The number of ether oxygens (including phenoxy) is 2. The van der Waals surface area contributed by atoms with E-state index >= 15 is 0 Å². The second-order valence-corrected chi connectivity index (χ2v) is 6.46. The average Bonchev–Trinajstić information content (AvgIpc) is 2.65. The fourth-order valence-corrected chi connectivity index (χ4v) is 2.69. The van der Waals surface area contributed by atoms with E-state index < -0.39 is 0 Å². The smallest absolute Gasteiger partial charge is 0.330 e. The Balaban J connectivity index is 1.98. The molecule has 3 nitrogen and oxygen atoms in total. The van der Waals surface area contributed by atoms with Gasteiger partial charge in [-0.2, -0.15) is 0 Å². The van der Waals surface area contributed by atoms with Gasteiger partial charge in [-0.15, -0.1) is 0 Å². The molecule has 0 heterocycles. The van der Waals surface area contributed by atoms with Crippen molar-refractivity contribution < 1.29 is 14.3 Å². The molecule has 0 fully saturated rings. The molecular weight excluding hydrogens is 312 g/mol. The maximum atomic E-state index is 11.7. The molecule has 0 aliphatic carbocycles. The molecule has 25 heavy (non-hydrogen) atoms. The zero-order valence-electron chi connectivity index (χ0n) is 16.0. The third-order valence-corrected chi connectivity index (χ3v) is 4.27. The van der Waals surface area contributed by atoms with Gasteiger partial charge in [0.15, 0.2) is 0 Å². The maximum Gasteiger partial charge on any atom is 0.330 e. The van der Waals surface area contributed by atoms with E-state index in [0.29, 0.717) is 6.61 Å². The first-order valence-corrected chi connectivity index (χ1v) is 9.75. The molecule has 1 aromatic carbocycles. The van der Waals surface area contributed by atoms with Crippen molar-refractivity contribution in [3.05, 3.63) is 35.9 Å². The van der Waals surface area contributed by atoms with E-state index in [0.717, 1.165) is 24.2 Å². The molecule has 3 heteroatoms. The third-order valence-electron chi connectivity index (χ3n) is 4.27. The molecule has 1 aromatic rings. The van der Waals surface area contributed by atoms with Gasteiger partial charge < -0.3 is 9.47 Å². The molecule has 1 rings (SSSR count). The van der Waals surface area contributed by atoms with Crippen LogP contribution in [-0.2, 0) is 9.53 Å². The Bertz CT molecular complexity index is 477. The summed E-state index contributed by atoms with van der Waals surface area (Å²) in [6, 6.07) is 7.55. The highest BCUT2D eigenvalue weighted by molar-refractivity contribution is 5.87. The van der Waals surface area contributed by atoms with E-state index in [2.05, 4.69) is 6.92 Å². The Morgan fingerprint density at radius 3 is 2.00 bits per heavy atom. The lowest BCUT2D eigenvalue weighted by Gasteiger charge is -2.03. The van der Waals surface area contributed by atoms with Crippen LogP contribution in [0.2, 0.25) is 0 Å². The van der Waals surface area contributed by atoms with Crippen molar-refractivity contribution in [2.24, 2.45) is 0 Å². The summed E-state index contributed by atoms with van der Waals surface area (Å²) >= 11 is 0. The van der Waals surface area contributed by atoms with Crippen molar-refractivity contribution in [3.8, 4) is 5.75 Å². The lowest BCUT2D eigenvalue weighted by molar-refractivity contribution is -0.137. The molecule has 0 aliphatic heterocycles. The number of rotatable bonds is 14. The van der Waals surface area contributed by atoms with Gasteiger partial charge in [-0.3, -0.25) is 0 Å². The molecule has 0 saturated carbocycles. The van der Waals surface area contributed by atoms with Crippen LogP contribution in [0.25, 0.3) is 6.08 Å². The molecule has 0 saturated heterocycles. The van der Waals surface area contributed by atoms with Crippen LogP contribution in [0.3, 0.4) is 0 Å². The summed E-state index contributed by atoms with van der Waals surface area (Å²) < 4.78 is 10.3. The fourth-order valence-electron chi connectivity index (χ4n) is 2.69. The van der Waals surface area contributed by atoms with Crippen LogP contribution < -0.4 is 4.74 Å². The highest BCUT2D eigenvalue weighted by atomic mass is 16.5. The van der Waals surface area contributed by atoms with E-state index in [9.17, 15) is 4.79 Å². The van der Waals surface area contributed by atoms with Crippen molar-refractivity contribution >= 4 is 12.0 Å². The van der Waals surface area contributed by atoms with Gasteiger partial charge >= 0.3 is 5.97 Å². The highest BCUT2D eigenvalue weighted by Crippen LogP contribution is 2.13. The van der Waals surface area contributed by atoms with E-state index in [1.807, 2.05) is 24.3 Å². The Kier molecular flexibility index (Phi) is 12.4. The van der Waals surface area contributed by atoms with Crippen molar-refractivity contribution in [3.63, 3.8) is 0 Å². The summed E-state index contributed by atoms with van der Waals surface area (Å²) in [5.74, 6) is 0.535. The largest absolute Gasteiger partial charge is 0.497 e. The van der Waals surface area contributed by atoms with Gasteiger partial charge in [0.05, 0.1) is 13.7 Å². The minimum absolute atomic E-state index is 0.272. The minimum atomic E-state index is -0.272. The van der Waals surface area contributed by atoms with Gasteiger partial charge in [-0.1, -0.05) is 76.8 Å². The predicted octanol–water partition coefficient (Wildman–Crippen LogP) is 6.17. The number of methoxy groups -OCH3 is 1. The Labute approximate surface area is 153 Å². The molecule has 0 atom stereocenters. The fraction of sp³-hybridized carbons (Fsp3) is 0.591. The van der Waals surface area contributed by atoms with Gasteiger partial charge in [0.25, 0.3) is 0 Å². The molecule has 0 amide bonds. The van der Waals surface area contributed by atoms with Crippen molar-refractivity contribution in [2.45, 2.75) is 71.1 Å². The molecule has 0 aliphatic rings. The number of unbranched alkanes of at least 4 members (excludes halogenated alkanes) is 9. The molecule has 140 valence electrons. The Hall–Kier alpha value is -1.77. The van der Waals surface area contributed by atoms with Gasteiger partial charge in [0, 0.05) is 6.08 Å². The molecule has 0 spiro atoms. The summed E-state index contributed by atoms with van der Waals surface area (Å²) in [7, 11) is 1.63. The summed E-state index contributed by atoms with van der Waals surface area (Å²) in [5.41, 5.74) is 0.955. The monoisotopic (exact) mass is 346 g/mol. The third kappa shape index (κ3) is 11.4. The van der Waals surface area contributed by atoms with Crippen LogP contribution in [0.1, 0.15) is 76.7 Å². The number of carbonyl (C=O) groups is 1. The topological polar surface area (TPSA) is 35.5 Å². The zero-order chi connectivity index (χ0) is 18.2. The number of esters is 1. The Morgan fingerprint density at radius 2 is 1.44 bits per heavy atom. The summed E-state index contributed by atoms with van der Waals surface area (Å²) in [6.07, 6.45) is 16.1. The molecule has 0 aromatic heterocycles. The van der Waals surface area contributed by atoms with Crippen molar-refractivity contribution in [2.75, 3.05) is 13.7 Å². The van der Waals surface area contributed by atoms with Crippen LogP contribution in [0.4, 0.5) is 0 Å². The van der Waals surface area contributed by atoms with Crippen molar-refractivity contribution in [1.82, 2.24) is 0 Å². The first-order chi connectivity index (χ1) is 12.3. The second kappa shape index (κ2) is 14.6. The van der Waals surface area contributed by atoms with Crippen molar-refractivity contribution in [1.29, 1.82) is 0 Å². The molecular formula is C22H34O3. The Morgan fingerprint density at radius 1 is 0.880 bits per heavy atom. The lowest BCUT2D eigenvalue weighted by atomic mass is 10.1. The number of hydrogen-bond donors (Lipinski definition) is 0. The van der Waals surface area contributed by atoms with Gasteiger partial charge in [-0.05, 0) is 30.2 Å². The summed E-state index contributed by atoms with van der Waals surface area (Å²) in [6.45, 7) is 2.77. The maximum absolute atomic E-state index is 11.7. The predicted molar refractivity (Wildman–Crippen MR) is 105 cm³/mol. The van der Waals surface area contributed by atoms with Crippen LogP contribution >= 0.6 is 0 Å². The normalized spacial score (nSPS) is 11.0. The van der Waals surface area contributed by atoms with Crippen LogP contribution in [0, 0.1) is 0 Å². The van der Waals surface area contributed by atoms with E-state index in [1.165, 1.54) is 57.4 Å². The quantitative estimate of drug-likeness (QED) is 0.229. The molecule has 0 unspecified atom stereocenters. The standard InChI is InChI=1S/C22H34O3/c1-3-4-5-6-7-8-9-10-11-12-19-25-22(23)18-15-20-13-16-21(24-2)17-14-20/h13-18H,3-12,19H2,1-2H3. The number of carbonyl (C=O) groups excluding carboxylic acids is 1.